The Kier molecular flexibility index (Phi) is 5.98. The lowest BCUT2D eigenvalue weighted by atomic mass is 10.2. The van der Waals surface area contributed by atoms with Crippen LogP contribution in [0, 0.1) is 0 Å². The van der Waals surface area contributed by atoms with Crippen molar-refractivity contribution < 1.29 is 22.4 Å². The van der Waals surface area contributed by atoms with E-state index in [0.29, 0.717) is 31.9 Å². The van der Waals surface area contributed by atoms with Crippen LogP contribution in [-0.2, 0) is 20.5 Å². The predicted molar refractivity (Wildman–Crippen MR) is 101 cm³/mol. The van der Waals surface area contributed by atoms with Gasteiger partial charge in [-0.25, -0.2) is 13.2 Å². The van der Waals surface area contributed by atoms with Gasteiger partial charge in [0, 0.05) is 26.2 Å². The molecule has 1 aromatic heterocycles. The molecule has 2 aromatic rings. The molecule has 1 atom stereocenters. The molecular formula is C19H24N2O5S. The molecule has 27 heavy (non-hydrogen) atoms. The quantitative estimate of drug-likeness (QED) is 0.702. The van der Waals surface area contributed by atoms with Crippen molar-refractivity contribution >= 4 is 16.0 Å². The zero-order chi connectivity index (χ0) is 19.4. The van der Waals surface area contributed by atoms with Crippen molar-refractivity contribution in [1.82, 2.24) is 9.21 Å². The number of benzene rings is 1. The molecular weight excluding hydrogens is 368 g/mol. The van der Waals surface area contributed by atoms with Gasteiger partial charge in [0.2, 0.25) is 15.8 Å². The van der Waals surface area contributed by atoms with Gasteiger partial charge in [-0.15, -0.1) is 0 Å². The Morgan fingerprint density at radius 2 is 1.78 bits per heavy atom. The summed E-state index contributed by atoms with van der Waals surface area (Å²) in [7, 11) is -2.03. The second-order valence-electron chi connectivity index (χ2n) is 6.55. The van der Waals surface area contributed by atoms with Crippen molar-refractivity contribution in [3.05, 3.63) is 59.5 Å². The van der Waals surface area contributed by atoms with Crippen LogP contribution in [0.2, 0.25) is 0 Å². The van der Waals surface area contributed by atoms with Gasteiger partial charge in [0.25, 0.3) is 0 Å². The molecule has 0 radical (unpaired) electrons. The number of ether oxygens (including phenoxy) is 1. The number of methoxy groups -OCH3 is 1. The first-order valence-corrected chi connectivity index (χ1v) is 10.5. The van der Waals surface area contributed by atoms with Crippen molar-refractivity contribution in [3.63, 3.8) is 0 Å². The van der Waals surface area contributed by atoms with Crippen LogP contribution in [0.3, 0.4) is 0 Å². The van der Waals surface area contributed by atoms with E-state index in [1.165, 1.54) is 7.11 Å². The highest BCUT2D eigenvalue weighted by atomic mass is 32.2. The Balaban J connectivity index is 1.59. The molecule has 1 saturated heterocycles. The minimum Gasteiger partial charge on any atom is -0.463 e. The number of sulfonamides is 1. The van der Waals surface area contributed by atoms with Crippen molar-refractivity contribution in [2.45, 2.75) is 18.7 Å². The summed E-state index contributed by atoms with van der Waals surface area (Å²) in [5, 5.41) is 0. The van der Waals surface area contributed by atoms with Gasteiger partial charge < -0.3 is 9.15 Å². The van der Waals surface area contributed by atoms with Crippen LogP contribution in [0.1, 0.15) is 34.8 Å². The molecule has 0 bridgehead atoms. The summed E-state index contributed by atoms with van der Waals surface area (Å²) >= 11 is 0. The number of hydrogen-bond acceptors (Lipinski definition) is 6. The van der Waals surface area contributed by atoms with Gasteiger partial charge >= 0.3 is 5.97 Å². The van der Waals surface area contributed by atoms with E-state index in [-0.39, 0.29) is 17.6 Å². The van der Waals surface area contributed by atoms with Gasteiger partial charge in [0.05, 0.1) is 18.9 Å². The van der Waals surface area contributed by atoms with E-state index in [4.69, 9.17) is 4.42 Å². The molecule has 0 amide bonds. The van der Waals surface area contributed by atoms with Crippen molar-refractivity contribution in [3.8, 4) is 0 Å². The van der Waals surface area contributed by atoms with Crippen molar-refractivity contribution in [2.75, 3.05) is 33.3 Å². The summed E-state index contributed by atoms with van der Waals surface area (Å²) in [5.41, 5.74) is 0.791. The van der Waals surface area contributed by atoms with Crippen LogP contribution in [0.4, 0.5) is 0 Å². The first kappa shape index (κ1) is 19.6. The molecule has 1 aliphatic heterocycles. The smallest absolute Gasteiger partial charge is 0.373 e. The van der Waals surface area contributed by atoms with Gasteiger partial charge in [-0.1, -0.05) is 30.3 Å². The maximum absolute atomic E-state index is 12.7. The first-order valence-electron chi connectivity index (χ1n) is 8.84. The fourth-order valence-electron chi connectivity index (χ4n) is 3.21. The van der Waals surface area contributed by atoms with Crippen molar-refractivity contribution in [2.24, 2.45) is 0 Å². The molecule has 3 rings (SSSR count). The molecule has 0 aliphatic carbocycles. The summed E-state index contributed by atoms with van der Waals surface area (Å²) in [4.78, 5) is 13.7. The third-order valence-electron chi connectivity index (χ3n) is 4.83. The topological polar surface area (TPSA) is 80.1 Å². The highest BCUT2D eigenvalue weighted by Crippen LogP contribution is 2.25. The van der Waals surface area contributed by atoms with Gasteiger partial charge in [0.1, 0.15) is 5.76 Å². The van der Waals surface area contributed by atoms with Crippen molar-refractivity contribution in [1.29, 1.82) is 0 Å². The molecule has 0 unspecified atom stereocenters. The van der Waals surface area contributed by atoms with Crippen LogP contribution >= 0.6 is 0 Å². The number of hydrogen-bond donors (Lipinski definition) is 0. The average molecular weight is 392 g/mol. The average Bonchev–Trinajstić information content (AvgIpc) is 3.17. The SMILES string of the molecule is COC(=O)c1ccc([C@H](C)N2CCN(S(=O)(=O)Cc3ccccc3)CC2)o1. The molecule has 2 heterocycles. The number of furan rings is 1. The first-order chi connectivity index (χ1) is 12.9. The molecule has 7 nitrogen and oxygen atoms in total. The predicted octanol–water partition coefficient (Wildman–Crippen LogP) is 2.27. The zero-order valence-corrected chi connectivity index (χ0v) is 16.3. The molecule has 8 heteroatoms. The highest BCUT2D eigenvalue weighted by Gasteiger charge is 2.30. The molecule has 146 valence electrons. The normalized spacial score (nSPS) is 17.6. The van der Waals surface area contributed by atoms with E-state index in [2.05, 4.69) is 9.64 Å². The Bertz CT molecular complexity index is 871. The lowest BCUT2D eigenvalue weighted by Crippen LogP contribution is -2.49. The van der Waals surface area contributed by atoms with E-state index in [1.807, 2.05) is 37.3 Å². The minimum absolute atomic E-state index is 0.0179. The van der Waals surface area contributed by atoms with Crippen LogP contribution < -0.4 is 0 Å². The number of carbonyl (C=O) groups excluding carboxylic acids is 1. The standard InChI is InChI=1S/C19H24N2O5S/c1-15(17-8-9-18(26-17)19(22)25-2)20-10-12-21(13-11-20)27(23,24)14-16-6-4-3-5-7-16/h3-9,15H,10-14H2,1-2H3/t15-/m0/s1. The largest absolute Gasteiger partial charge is 0.463 e. The molecule has 0 spiro atoms. The Morgan fingerprint density at radius 3 is 2.41 bits per heavy atom. The van der Waals surface area contributed by atoms with Crippen LogP contribution in [-0.4, -0.2) is 56.9 Å². The van der Waals surface area contributed by atoms with Gasteiger partial charge in [-0.05, 0) is 24.6 Å². The fraction of sp³-hybridized carbons (Fsp3) is 0.421. The lowest BCUT2D eigenvalue weighted by molar-refractivity contribution is 0.0556. The summed E-state index contributed by atoms with van der Waals surface area (Å²) in [6.45, 7) is 4.05. The van der Waals surface area contributed by atoms with Gasteiger partial charge in [-0.3, -0.25) is 4.90 Å². The Labute approximate surface area is 159 Å². The third kappa shape index (κ3) is 4.58. The van der Waals surface area contributed by atoms with Gasteiger partial charge in [0.15, 0.2) is 0 Å². The van der Waals surface area contributed by atoms with E-state index in [1.54, 1.807) is 16.4 Å². The number of nitrogens with zero attached hydrogens (tertiary/aromatic N) is 2. The zero-order valence-electron chi connectivity index (χ0n) is 15.5. The Hall–Kier alpha value is -2.16. The molecule has 1 aromatic carbocycles. The van der Waals surface area contributed by atoms with E-state index in [0.717, 1.165) is 5.56 Å². The second-order valence-corrected chi connectivity index (χ2v) is 8.52. The van der Waals surface area contributed by atoms with Gasteiger partial charge in [-0.2, -0.15) is 4.31 Å². The number of esters is 1. The van der Waals surface area contributed by atoms with Crippen LogP contribution in [0.15, 0.2) is 46.9 Å². The van der Waals surface area contributed by atoms with E-state index < -0.39 is 16.0 Å². The minimum atomic E-state index is -3.34. The second kappa shape index (κ2) is 8.24. The van der Waals surface area contributed by atoms with E-state index in [9.17, 15) is 13.2 Å². The molecule has 0 saturated carbocycles. The number of rotatable bonds is 6. The van der Waals surface area contributed by atoms with Crippen LogP contribution in [0.25, 0.3) is 0 Å². The lowest BCUT2D eigenvalue weighted by Gasteiger charge is -2.36. The fourth-order valence-corrected chi connectivity index (χ4v) is 4.73. The summed E-state index contributed by atoms with van der Waals surface area (Å²) in [5.74, 6) is 0.342. The maximum Gasteiger partial charge on any atom is 0.373 e. The number of carbonyl (C=O) groups is 1. The molecule has 0 N–H and O–H groups in total. The Morgan fingerprint density at radius 1 is 1.11 bits per heavy atom. The maximum atomic E-state index is 12.7. The third-order valence-corrected chi connectivity index (χ3v) is 6.68. The van der Waals surface area contributed by atoms with Crippen LogP contribution in [0.5, 0.6) is 0 Å². The summed E-state index contributed by atoms with van der Waals surface area (Å²) < 4.78 is 37.1. The van der Waals surface area contributed by atoms with E-state index >= 15 is 0 Å². The molecule has 1 fully saturated rings. The highest BCUT2D eigenvalue weighted by molar-refractivity contribution is 7.88. The number of piperazine rings is 1. The summed E-state index contributed by atoms with van der Waals surface area (Å²) in [6.07, 6.45) is 0. The monoisotopic (exact) mass is 392 g/mol. The molecule has 1 aliphatic rings. The summed E-state index contributed by atoms with van der Waals surface area (Å²) in [6, 6.07) is 12.5.